The minimum atomic E-state index is -0.950. The molecule has 2 aliphatic carbocycles. The summed E-state index contributed by atoms with van der Waals surface area (Å²) in [6, 6.07) is 14.9. The average Bonchev–Trinajstić information content (AvgIpc) is 3.54. The molecule has 0 aliphatic heterocycles. The molecule has 0 bridgehead atoms. The molecule has 3 N–H and O–H groups in total. The van der Waals surface area contributed by atoms with Crippen LogP contribution in [0.5, 0.6) is 0 Å². The first-order valence-electron chi connectivity index (χ1n) is 10.6. The number of carbonyl (C=O) groups excluding carboxylic acids is 2. The van der Waals surface area contributed by atoms with Crippen molar-refractivity contribution in [1.29, 1.82) is 0 Å². The number of carboxylic acid groups (broad SMARTS) is 1. The van der Waals surface area contributed by atoms with Gasteiger partial charge in [0.1, 0.15) is 12.6 Å². The second kappa shape index (κ2) is 8.79. The molecular weight excluding hydrogens is 396 g/mol. The maximum atomic E-state index is 12.4. The van der Waals surface area contributed by atoms with Crippen molar-refractivity contribution in [2.24, 2.45) is 5.92 Å². The molecule has 2 atom stereocenters. The van der Waals surface area contributed by atoms with Crippen molar-refractivity contribution in [3.8, 4) is 11.1 Å². The molecular formula is C24H26N2O5. The van der Waals surface area contributed by atoms with Crippen molar-refractivity contribution >= 4 is 18.0 Å². The van der Waals surface area contributed by atoms with Crippen LogP contribution in [-0.4, -0.2) is 41.8 Å². The van der Waals surface area contributed by atoms with Crippen LogP contribution >= 0.6 is 0 Å². The van der Waals surface area contributed by atoms with Gasteiger partial charge in [-0.3, -0.25) is 9.59 Å². The highest BCUT2D eigenvalue weighted by molar-refractivity contribution is 5.86. The van der Waals surface area contributed by atoms with E-state index in [2.05, 4.69) is 22.8 Å². The first-order chi connectivity index (χ1) is 14.9. The van der Waals surface area contributed by atoms with Gasteiger partial charge in [-0.1, -0.05) is 48.5 Å². The lowest BCUT2D eigenvalue weighted by molar-refractivity contribution is -0.138. The first-order valence-corrected chi connectivity index (χ1v) is 10.6. The SMILES string of the molecule is CC(NC(=O)OCC1c2ccccc2-c2ccccc21)C(=O)NC(CC(=O)O)C1CC1. The van der Waals surface area contributed by atoms with Crippen molar-refractivity contribution in [2.45, 2.75) is 44.2 Å². The number of hydrogen-bond acceptors (Lipinski definition) is 4. The van der Waals surface area contributed by atoms with Crippen LogP contribution in [0, 0.1) is 5.92 Å². The molecule has 7 nitrogen and oxygen atoms in total. The van der Waals surface area contributed by atoms with E-state index in [4.69, 9.17) is 9.84 Å². The van der Waals surface area contributed by atoms with E-state index in [1.54, 1.807) is 6.92 Å². The molecule has 0 saturated heterocycles. The predicted octanol–water partition coefficient (Wildman–Crippen LogP) is 3.28. The molecule has 2 aliphatic rings. The van der Waals surface area contributed by atoms with Crippen molar-refractivity contribution < 1.29 is 24.2 Å². The van der Waals surface area contributed by atoms with Crippen LogP contribution in [0.4, 0.5) is 4.79 Å². The van der Waals surface area contributed by atoms with Gasteiger partial charge in [-0.15, -0.1) is 0 Å². The summed E-state index contributed by atoms with van der Waals surface area (Å²) in [5.41, 5.74) is 4.51. The number of amides is 2. The van der Waals surface area contributed by atoms with Crippen molar-refractivity contribution in [3.63, 3.8) is 0 Å². The molecule has 1 fully saturated rings. The first kappa shape index (κ1) is 20.9. The van der Waals surface area contributed by atoms with E-state index in [0.29, 0.717) is 0 Å². The van der Waals surface area contributed by atoms with E-state index in [0.717, 1.165) is 35.1 Å². The van der Waals surface area contributed by atoms with Gasteiger partial charge in [0.15, 0.2) is 0 Å². The third-order valence-electron chi connectivity index (χ3n) is 5.98. The highest BCUT2D eigenvalue weighted by Crippen LogP contribution is 2.44. The zero-order valence-corrected chi connectivity index (χ0v) is 17.3. The van der Waals surface area contributed by atoms with Gasteiger partial charge >= 0.3 is 12.1 Å². The van der Waals surface area contributed by atoms with Crippen LogP contribution in [0.1, 0.15) is 43.2 Å². The molecule has 31 heavy (non-hydrogen) atoms. The molecule has 2 amide bonds. The number of fused-ring (bicyclic) bond motifs is 3. The molecule has 4 rings (SSSR count). The smallest absolute Gasteiger partial charge is 0.407 e. The number of carboxylic acids is 1. The Morgan fingerprint density at radius 2 is 1.58 bits per heavy atom. The second-order valence-electron chi connectivity index (χ2n) is 8.24. The number of nitrogens with one attached hydrogen (secondary N) is 2. The molecule has 2 aromatic rings. The fourth-order valence-corrected chi connectivity index (χ4v) is 4.21. The molecule has 0 radical (unpaired) electrons. The van der Waals surface area contributed by atoms with Gasteiger partial charge in [-0.2, -0.15) is 0 Å². The van der Waals surface area contributed by atoms with E-state index in [1.807, 2.05) is 36.4 Å². The summed E-state index contributed by atoms with van der Waals surface area (Å²) in [5.74, 6) is -1.22. The molecule has 0 aromatic heterocycles. The normalized spacial score (nSPS) is 16.5. The van der Waals surface area contributed by atoms with Crippen LogP contribution in [0.25, 0.3) is 11.1 Å². The fraction of sp³-hybridized carbons (Fsp3) is 0.375. The summed E-state index contributed by atoms with van der Waals surface area (Å²) in [6.07, 6.45) is 1.03. The summed E-state index contributed by atoms with van der Waals surface area (Å²) in [7, 11) is 0. The predicted molar refractivity (Wildman–Crippen MR) is 115 cm³/mol. The minimum Gasteiger partial charge on any atom is -0.481 e. The van der Waals surface area contributed by atoms with Crippen LogP contribution in [0.15, 0.2) is 48.5 Å². The quantitative estimate of drug-likeness (QED) is 0.606. The van der Waals surface area contributed by atoms with E-state index in [-0.39, 0.29) is 24.9 Å². The summed E-state index contributed by atoms with van der Waals surface area (Å²) < 4.78 is 5.47. The van der Waals surface area contributed by atoms with Gasteiger partial charge in [-0.25, -0.2) is 4.79 Å². The Bertz CT molecular complexity index is 955. The lowest BCUT2D eigenvalue weighted by Crippen LogP contribution is -2.49. The van der Waals surface area contributed by atoms with Gasteiger partial charge in [-0.05, 0) is 47.9 Å². The van der Waals surface area contributed by atoms with Gasteiger partial charge in [0.25, 0.3) is 0 Å². The Morgan fingerprint density at radius 1 is 1.00 bits per heavy atom. The van der Waals surface area contributed by atoms with Gasteiger partial charge in [0.05, 0.1) is 6.42 Å². The molecule has 1 saturated carbocycles. The Morgan fingerprint density at radius 3 is 2.13 bits per heavy atom. The average molecular weight is 422 g/mol. The lowest BCUT2D eigenvalue weighted by atomic mass is 9.98. The maximum absolute atomic E-state index is 12.4. The van der Waals surface area contributed by atoms with Gasteiger partial charge in [0, 0.05) is 12.0 Å². The zero-order chi connectivity index (χ0) is 22.0. The van der Waals surface area contributed by atoms with Crippen LogP contribution < -0.4 is 10.6 Å². The van der Waals surface area contributed by atoms with E-state index >= 15 is 0 Å². The number of carbonyl (C=O) groups is 3. The van der Waals surface area contributed by atoms with Crippen LogP contribution in [-0.2, 0) is 14.3 Å². The number of aliphatic carboxylic acids is 1. The standard InChI is InChI=1S/C24H26N2O5/c1-14(23(29)26-21(12-22(27)28)15-10-11-15)25-24(30)31-13-20-18-8-4-2-6-16(18)17-7-3-5-9-19(17)20/h2-9,14-15,20-21H,10-13H2,1H3,(H,25,30)(H,26,29)(H,27,28). The summed E-state index contributed by atoms with van der Waals surface area (Å²) in [4.78, 5) is 35.8. The lowest BCUT2D eigenvalue weighted by Gasteiger charge is -2.20. The topological polar surface area (TPSA) is 105 Å². The Labute approximate surface area is 180 Å². The third-order valence-corrected chi connectivity index (χ3v) is 5.98. The number of rotatable bonds is 8. The van der Waals surface area contributed by atoms with Crippen molar-refractivity contribution in [3.05, 3.63) is 59.7 Å². The number of ether oxygens (including phenoxy) is 1. The van der Waals surface area contributed by atoms with Crippen LogP contribution in [0.3, 0.4) is 0 Å². The Kier molecular flexibility index (Phi) is 5.93. The van der Waals surface area contributed by atoms with E-state index in [9.17, 15) is 14.4 Å². The molecule has 7 heteroatoms. The van der Waals surface area contributed by atoms with Crippen molar-refractivity contribution in [1.82, 2.24) is 10.6 Å². The molecule has 2 aromatic carbocycles. The van der Waals surface area contributed by atoms with E-state index < -0.39 is 30.1 Å². The third kappa shape index (κ3) is 4.71. The van der Waals surface area contributed by atoms with E-state index in [1.165, 1.54) is 0 Å². The zero-order valence-electron chi connectivity index (χ0n) is 17.3. The number of alkyl carbamates (subject to hydrolysis) is 1. The Balaban J connectivity index is 1.33. The van der Waals surface area contributed by atoms with Crippen LogP contribution in [0.2, 0.25) is 0 Å². The minimum absolute atomic E-state index is 0.0582. The highest BCUT2D eigenvalue weighted by atomic mass is 16.5. The Hall–Kier alpha value is -3.35. The van der Waals surface area contributed by atoms with Gasteiger partial charge < -0.3 is 20.5 Å². The molecule has 0 spiro atoms. The molecule has 2 unspecified atom stereocenters. The molecule has 162 valence electrons. The fourth-order valence-electron chi connectivity index (χ4n) is 4.21. The molecule has 0 heterocycles. The summed E-state index contributed by atoms with van der Waals surface area (Å²) in [5, 5.41) is 14.3. The summed E-state index contributed by atoms with van der Waals surface area (Å²) >= 11 is 0. The maximum Gasteiger partial charge on any atom is 0.407 e. The largest absolute Gasteiger partial charge is 0.481 e. The monoisotopic (exact) mass is 422 g/mol. The number of benzene rings is 2. The highest BCUT2D eigenvalue weighted by Gasteiger charge is 2.35. The second-order valence-corrected chi connectivity index (χ2v) is 8.24. The number of hydrogen-bond donors (Lipinski definition) is 3. The van der Waals surface area contributed by atoms with Gasteiger partial charge in [0.2, 0.25) is 5.91 Å². The summed E-state index contributed by atoms with van der Waals surface area (Å²) in [6.45, 7) is 1.72. The van der Waals surface area contributed by atoms with Crippen molar-refractivity contribution in [2.75, 3.05) is 6.61 Å².